The molecule has 7 rings (SSSR count). The smallest absolute Gasteiger partial charge is 0.206 e. The first-order valence-corrected chi connectivity index (χ1v) is 13.1. The van der Waals surface area contributed by atoms with E-state index in [1.807, 2.05) is 24.3 Å². The van der Waals surface area contributed by atoms with Gasteiger partial charge in [0, 0.05) is 27.8 Å². The monoisotopic (exact) mass is 510 g/mol. The second-order valence-corrected chi connectivity index (χ2v) is 9.62. The van der Waals surface area contributed by atoms with Crippen LogP contribution >= 0.6 is 0 Å². The highest BCUT2D eigenvalue weighted by Gasteiger charge is 2.20. The molecule has 0 atom stereocenters. The largest absolute Gasteiger partial charge is 0.310 e. The van der Waals surface area contributed by atoms with Gasteiger partial charge in [-0.1, -0.05) is 78.9 Å². The SMILES string of the molecule is [C-]#[N+]c1cccc(-n2c3ccc(N(c4ccccc4)c4ccccc4)cc3c3c4ccccc4ccc32)c1C#N. The molecule has 0 radical (unpaired) electrons. The van der Waals surface area contributed by atoms with Crippen LogP contribution in [0.3, 0.4) is 0 Å². The number of nitrogens with zero attached hydrogens (tertiary/aromatic N) is 4. The fraction of sp³-hybridized carbons (Fsp3) is 0. The second kappa shape index (κ2) is 9.48. The number of hydrogen-bond acceptors (Lipinski definition) is 2. The fourth-order valence-electron chi connectivity index (χ4n) is 5.70. The van der Waals surface area contributed by atoms with Crippen molar-refractivity contribution in [3.05, 3.63) is 150 Å². The van der Waals surface area contributed by atoms with E-state index in [4.69, 9.17) is 6.57 Å². The number of aromatic nitrogens is 1. The Kier molecular flexibility index (Phi) is 5.52. The first-order valence-electron chi connectivity index (χ1n) is 13.1. The van der Waals surface area contributed by atoms with Crippen LogP contribution in [0.15, 0.2) is 133 Å². The summed E-state index contributed by atoms with van der Waals surface area (Å²) in [5.74, 6) is 0. The van der Waals surface area contributed by atoms with Gasteiger partial charge < -0.3 is 9.47 Å². The third-order valence-corrected chi connectivity index (χ3v) is 7.42. The molecule has 4 heteroatoms. The summed E-state index contributed by atoms with van der Waals surface area (Å²) < 4.78 is 2.13. The predicted octanol–water partition coefficient (Wildman–Crippen LogP) is 9.83. The molecule has 7 aromatic rings. The van der Waals surface area contributed by atoms with E-state index < -0.39 is 0 Å². The maximum absolute atomic E-state index is 10.1. The highest BCUT2D eigenvalue weighted by molar-refractivity contribution is 6.22. The van der Waals surface area contributed by atoms with E-state index in [9.17, 15) is 5.26 Å². The van der Waals surface area contributed by atoms with Gasteiger partial charge in [-0.15, -0.1) is 0 Å². The Balaban J connectivity index is 1.60. The molecule has 0 aliphatic rings. The van der Waals surface area contributed by atoms with Crippen LogP contribution in [0, 0.1) is 17.9 Å². The van der Waals surface area contributed by atoms with Crippen molar-refractivity contribution in [3.63, 3.8) is 0 Å². The zero-order valence-electron chi connectivity index (χ0n) is 21.5. The molecule has 0 saturated heterocycles. The van der Waals surface area contributed by atoms with Crippen molar-refractivity contribution >= 4 is 55.3 Å². The number of anilines is 3. The minimum absolute atomic E-state index is 0.353. The maximum Gasteiger partial charge on any atom is 0.206 e. The van der Waals surface area contributed by atoms with E-state index >= 15 is 0 Å². The number of nitriles is 1. The van der Waals surface area contributed by atoms with Crippen molar-refractivity contribution in [3.8, 4) is 11.8 Å². The van der Waals surface area contributed by atoms with Crippen molar-refractivity contribution in [2.45, 2.75) is 0 Å². The predicted molar refractivity (Wildman–Crippen MR) is 164 cm³/mol. The topological polar surface area (TPSA) is 36.3 Å². The molecule has 186 valence electrons. The highest BCUT2D eigenvalue weighted by Crippen LogP contribution is 2.42. The van der Waals surface area contributed by atoms with E-state index in [-0.39, 0.29) is 0 Å². The molecule has 1 heterocycles. The van der Waals surface area contributed by atoms with Crippen LogP contribution in [0.4, 0.5) is 22.7 Å². The first kappa shape index (κ1) is 23.3. The molecule has 0 unspecified atom stereocenters. The summed E-state index contributed by atoms with van der Waals surface area (Å²) in [4.78, 5) is 5.89. The molecule has 0 N–H and O–H groups in total. The minimum atomic E-state index is 0.353. The molecule has 40 heavy (non-hydrogen) atoms. The molecule has 0 amide bonds. The second-order valence-electron chi connectivity index (χ2n) is 9.62. The quantitative estimate of drug-likeness (QED) is 0.221. The average Bonchev–Trinajstić information content (AvgIpc) is 3.36. The van der Waals surface area contributed by atoms with Crippen molar-refractivity contribution < 1.29 is 0 Å². The number of rotatable bonds is 4. The number of fused-ring (bicyclic) bond motifs is 5. The molecule has 6 aromatic carbocycles. The van der Waals surface area contributed by atoms with E-state index in [0.29, 0.717) is 16.9 Å². The lowest BCUT2D eigenvalue weighted by Crippen LogP contribution is -2.09. The molecule has 0 spiro atoms. The zero-order valence-corrected chi connectivity index (χ0v) is 21.5. The van der Waals surface area contributed by atoms with Crippen LogP contribution in [0.1, 0.15) is 5.56 Å². The fourth-order valence-corrected chi connectivity index (χ4v) is 5.70. The first-order chi connectivity index (χ1) is 19.8. The number of benzene rings is 6. The summed E-state index contributed by atoms with van der Waals surface area (Å²) in [6.45, 7) is 7.64. The Labute approximate surface area is 232 Å². The van der Waals surface area contributed by atoms with Crippen molar-refractivity contribution in [2.24, 2.45) is 0 Å². The van der Waals surface area contributed by atoms with Gasteiger partial charge in [0.25, 0.3) is 0 Å². The standard InChI is InChI=1S/C36H22N4/c1-38-32-17-10-18-33(31(32)24-37)40-34-22-20-28(39(26-12-4-2-5-13-26)27-14-6-3-7-15-27)23-30(34)36-29-16-9-8-11-25(29)19-21-35(36)40/h2-23H. The third kappa shape index (κ3) is 3.60. The highest BCUT2D eigenvalue weighted by atomic mass is 15.1. The lowest BCUT2D eigenvalue weighted by Gasteiger charge is -2.25. The van der Waals surface area contributed by atoms with Gasteiger partial charge >= 0.3 is 0 Å². The van der Waals surface area contributed by atoms with E-state index in [2.05, 4.69) is 124 Å². The summed E-state index contributed by atoms with van der Waals surface area (Å²) in [7, 11) is 0. The molecule has 0 fully saturated rings. The van der Waals surface area contributed by atoms with Gasteiger partial charge in [-0.25, -0.2) is 4.85 Å². The van der Waals surface area contributed by atoms with Crippen LogP contribution < -0.4 is 4.90 Å². The van der Waals surface area contributed by atoms with Crippen LogP contribution in [-0.2, 0) is 0 Å². The third-order valence-electron chi connectivity index (χ3n) is 7.42. The Morgan fingerprint density at radius 1 is 0.625 bits per heavy atom. The number of para-hydroxylation sites is 2. The van der Waals surface area contributed by atoms with Gasteiger partial charge in [0.2, 0.25) is 5.69 Å². The van der Waals surface area contributed by atoms with Crippen LogP contribution in [0.25, 0.3) is 43.1 Å². The summed E-state index contributed by atoms with van der Waals surface area (Å²) >= 11 is 0. The van der Waals surface area contributed by atoms with E-state index in [0.717, 1.165) is 49.6 Å². The number of hydrogen-bond donors (Lipinski definition) is 0. The Morgan fingerprint density at radius 2 is 1.30 bits per heavy atom. The van der Waals surface area contributed by atoms with Gasteiger partial charge in [0.15, 0.2) is 0 Å². The lowest BCUT2D eigenvalue weighted by atomic mass is 10.0. The molecular formula is C36H22N4. The Hall–Kier alpha value is -5.84. The molecule has 0 aliphatic carbocycles. The molecule has 0 saturated carbocycles. The van der Waals surface area contributed by atoms with Crippen molar-refractivity contribution in [2.75, 3.05) is 4.90 Å². The summed E-state index contributed by atoms with van der Waals surface area (Å²) in [5.41, 5.74) is 6.59. The molecule has 0 aliphatic heterocycles. The summed E-state index contributed by atoms with van der Waals surface area (Å²) in [5, 5.41) is 14.6. The van der Waals surface area contributed by atoms with Gasteiger partial charge in [0.1, 0.15) is 0 Å². The zero-order chi connectivity index (χ0) is 27.1. The molecule has 0 bridgehead atoms. The van der Waals surface area contributed by atoms with Gasteiger partial charge in [-0.3, -0.25) is 0 Å². The van der Waals surface area contributed by atoms with Gasteiger partial charge in [-0.2, -0.15) is 5.26 Å². The van der Waals surface area contributed by atoms with Crippen LogP contribution in [0.5, 0.6) is 0 Å². The molecule has 1 aromatic heterocycles. The van der Waals surface area contributed by atoms with Crippen molar-refractivity contribution in [1.82, 2.24) is 4.57 Å². The Bertz CT molecular complexity index is 2090. The normalized spacial score (nSPS) is 10.9. The van der Waals surface area contributed by atoms with E-state index in [1.54, 1.807) is 6.07 Å². The summed E-state index contributed by atoms with van der Waals surface area (Å²) in [6.07, 6.45) is 0. The van der Waals surface area contributed by atoms with Gasteiger partial charge in [-0.05, 0) is 65.4 Å². The minimum Gasteiger partial charge on any atom is -0.310 e. The lowest BCUT2D eigenvalue weighted by molar-refractivity contribution is 1.17. The summed E-state index contributed by atoms with van der Waals surface area (Å²) in [6, 6.07) is 47.7. The molecule has 4 nitrogen and oxygen atoms in total. The van der Waals surface area contributed by atoms with Crippen LogP contribution in [0.2, 0.25) is 0 Å². The van der Waals surface area contributed by atoms with Gasteiger partial charge in [0.05, 0.1) is 34.9 Å². The molecular weight excluding hydrogens is 488 g/mol. The average molecular weight is 511 g/mol. The Morgan fingerprint density at radius 3 is 2.00 bits per heavy atom. The van der Waals surface area contributed by atoms with Crippen LogP contribution in [-0.4, -0.2) is 4.57 Å². The maximum atomic E-state index is 10.1. The van der Waals surface area contributed by atoms with Crippen molar-refractivity contribution in [1.29, 1.82) is 5.26 Å². The van der Waals surface area contributed by atoms with E-state index in [1.165, 1.54) is 0 Å².